The van der Waals surface area contributed by atoms with Gasteiger partial charge in [-0.2, -0.15) is 0 Å². The van der Waals surface area contributed by atoms with E-state index in [0.29, 0.717) is 0 Å². The molecule has 2 aliphatic carbocycles. The van der Waals surface area contributed by atoms with E-state index < -0.39 is 0 Å². The second-order valence-corrected chi connectivity index (χ2v) is 6.71. The van der Waals surface area contributed by atoms with Gasteiger partial charge < -0.3 is 0 Å². The zero-order chi connectivity index (χ0) is 13.5. The molecule has 1 saturated carbocycles. The Hall–Kier alpha value is -0.520. The van der Waals surface area contributed by atoms with Crippen LogP contribution < -0.4 is 0 Å². The van der Waals surface area contributed by atoms with Gasteiger partial charge in [-0.3, -0.25) is 0 Å². The first-order valence-electron chi connectivity index (χ1n) is 8.71. The number of hydrogen-bond acceptors (Lipinski definition) is 0. The van der Waals surface area contributed by atoms with Crippen LogP contribution in [0.1, 0.15) is 78.1 Å². The number of hydrogen-bond donors (Lipinski definition) is 0. The number of allylic oxidation sites excluding steroid dienone is 4. The normalized spacial score (nSPS) is 31.3. The molecule has 0 aliphatic heterocycles. The molecule has 2 aliphatic rings. The van der Waals surface area contributed by atoms with Crippen molar-refractivity contribution in [2.75, 3.05) is 0 Å². The second kappa shape index (κ2) is 7.92. The van der Waals surface area contributed by atoms with Gasteiger partial charge in [-0.15, -0.1) is 0 Å². The molecule has 0 amide bonds. The van der Waals surface area contributed by atoms with Crippen molar-refractivity contribution in [3.8, 4) is 0 Å². The monoisotopic (exact) mass is 260 g/mol. The molecular formula is C19H32. The zero-order valence-corrected chi connectivity index (χ0v) is 13.0. The standard InChI is InChI=1S/C19H32/c1-3-5-7-17-10-14-19(15-11-17)18-12-8-16(6-4-2)9-13-18/h8,12-13,16-17,19H,3-7,9-11,14-15H2,1-2H3. The van der Waals surface area contributed by atoms with Crippen LogP contribution in [0.25, 0.3) is 0 Å². The molecule has 1 atom stereocenters. The van der Waals surface area contributed by atoms with Crippen LogP contribution in [0.15, 0.2) is 23.8 Å². The van der Waals surface area contributed by atoms with Crippen LogP contribution in [0, 0.1) is 17.8 Å². The summed E-state index contributed by atoms with van der Waals surface area (Å²) in [7, 11) is 0. The molecule has 19 heavy (non-hydrogen) atoms. The van der Waals surface area contributed by atoms with E-state index in [0.717, 1.165) is 17.8 Å². The summed E-state index contributed by atoms with van der Waals surface area (Å²) in [6, 6.07) is 0. The summed E-state index contributed by atoms with van der Waals surface area (Å²) in [6.45, 7) is 4.61. The Bertz CT molecular complexity index is 302. The van der Waals surface area contributed by atoms with E-state index in [-0.39, 0.29) is 0 Å². The van der Waals surface area contributed by atoms with Crippen LogP contribution in [0.5, 0.6) is 0 Å². The van der Waals surface area contributed by atoms with Crippen molar-refractivity contribution in [3.05, 3.63) is 23.8 Å². The Morgan fingerprint density at radius 1 is 1.00 bits per heavy atom. The van der Waals surface area contributed by atoms with Crippen molar-refractivity contribution in [1.82, 2.24) is 0 Å². The molecule has 0 aromatic heterocycles. The molecule has 0 bridgehead atoms. The summed E-state index contributed by atoms with van der Waals surface area (Å²) in [5, 5.41) is 0. The molecule has 0 spiro atoms. The van der Waals surface area contributed by atoms with Gasteiger partial charge >= 0.3 is 0 Å². The van der Waals surface area contributed by atoms with Crippen molar-refractivity contribution in [1.29, 1.82) is 0 Å². The molecule has 0 heterocycles. The highest BCUT2D eigenvalue weighted by Crippen LogP contribution is 2.37. The lowest BCUT2D eigenvalue weighted by atomic mass is 9.75. The highest BCUT2D eigenvalue weighted by Gasteiger charge is 2.23. The van der Waals surface area contributed by atoms with Crippen LogP contribution in [-0.2, 0) is 0 Å². The van der Waals surface area contributed by atoms with Crippen molar-refractivity contribution in [2.24, 2.45) is 17.8 Å². The molecule has 0 aromatic rings. The SMILES string of the molecule is CCCCC1CCC(C2=CCC(CCC)C=C2)CC1. The van der Waals surface area contributed by atoms with Gasteiger partial charge in [0, 0.05) is 0 Å². The van der Waals surface area contributed by atoms with Crippen molar-refractivity contribution in [2.45, 2.75) is 78.1 Å². The molecule has 2 rings (SSSR count). The molecule has 0 heteroatoms. The zero-order valence-electron chi connectivity index (χ0n) is 13.0. The topological polar surface area (TPSA) is 0 Å². The Morgan fingerprint density at radius 2 is 1.79 bits per heavy atom. The van der Waals surface area contributed by atoms with Crippen molar-refractivity contribution < 1.29 is 0 Å². The lowest BCUT2D eigenvalue weighted by Crippen LogP contribution is -2.17. The predicted octanol–water partition coefficient (Wildman–Crippen LogP) is 6.29. The Morgan fingerprint density at radius 3 is 2.37 bits per heavy atom. The highest BCUT2D eigenvalue weighted by molar-refractivity contribution is 5.26. The lowest BCUT2D eigenvalue weighted by molar-refractivity contribution is 0.284. The van der Waals surface area contributed by atoms with E-state index in [2.05, 4.69) is 32.1 Å². The average molecular weight is 260 g/mol. The molecule has 0 nitrogen and oxygen atoms in total. The van der Waals surface area contributed by atoms with Gasteiger partial charge in [-0.05, 0) is 61.9 Å². The van der Waals surface area contributed by atoms with E-state index in [1.807, 2.05) is 0 Å². The van der Waals surface area contributed by atoms with Gasteiger partial charge in [-0.25, -0.2) is 0 Å². The minimum atomic E-state index is 0.828. The molecule has 1 unspecified atom stereocenters. The second-order valence-electron chi connectivity index (χ2n) is 6.71. The number of rotatable bonds is 6. The largest absolute Gasteiger partial charge is 0.0808 e. The van der Waals surface area contributed by atoms with Gasteiger partial charge in [0.05, 0.1) is 0 Å². The first kappa shape index (κ1) is 14.9. The maximum atomic E-state index is 2.55. The Kier molecular flexibility index (Phi) is 6.20. The fourth-order valence-electron chi connectivity index (χ4n) is 3.85. The van der Waals surface area contributed by atoms with Gasteiger partial charge in [0.15, 0.2) is 0 Å². The third-order valence-corrected chi connectivity index (χ3v) is 5.16. The summed E-state index contributed by atoms with van der Waals surface area (Å²) >= 11 is 0. The van der Waals surface area contributed by atoms with E-state index in [9.17, 15) is 0 Å². The van der Waals surface area contributed by atoms with E-state index in [4.69, 9.17) is 0 Å². The summed E-state index contributed by atoms with van der Waals surface area (Å²) in [4.78, 5) is 0. The molecule has 0 radical (unpaired) electrons. The summed E-state index contributed by atoms with van der Waals surface area (Å²) in [6.07, 6.45) is 21.6. The maximum Gasteiger partial charge on any atom is -0.0165 e. The minimum Gasteiger partial charge on any atom is -0.0808 e. The third-order valence-electron chi connectivity index (χ3n) is 5.16. The first-order chi connectivity index (χ1) is 9.33. The van der Waals surface area contributed by atoms with Crippen LogP contribution >= 0.6 is 0 Å². The van der Waals surface area contributed by atoms with Gasteiger partial charge in [0.2, 0.25) is 0 Å². The highest BCUT2D eigenvalue weighted by atomic mass is 14.3. The Labute approximate surface area is 120 Å². The van der Waals surface area contributed by atoms with Gasteiger partial charge in [-0.1, -0.05) is 57.8 Å². The van der Waals surface area contributed by atoms with Crippen LogP contribution in [0.4, 0.5) is 0 Å². The van der Waals surface area contributed by atoms with Crippen molar-refractivity contribution >= 4 is 0 Å². The summed E-state index contributed by atoms with van der Waals surface area (Å²) in [5.41, 5.74) is 1.67. The van der Waals surface area contributed by atoms with Crippen LogP contribution in [-0.4, -0.2) is 0 Å². The molecular weight excluding hydrogens is 228 g/mol. The molecule has 1 fully saturated rings. The molecule has 0 aromatic carbocycles. The van der Waals surface area contributed by atoms with Crippen LogP contribution in [0.3, 0.4) is 0 Å². The van der Waals surface area contributed by atoms with Gasteiger partial charge in [0.25, 0.3) is 0 Å². The summed E-state index contributed by atoms with van der Waals surface area (Å²) in [5.74, 6) is 2.75. The predicted molar refractivity (Wildman–Crippen MR) is 85.2 cm³/mol. The minimum absolute atomic E-state index is 0.828. The first-order valence-corrected chi connectivity index (χ1v) is 8.71. The quantitative estimate of drug-likeness (QED) is 0.527. The van der Waals surface area contributed by atoms with Crippen LogP contribution in [0.2, 0.25) is 0 Å². The summed E-state index contributed by atoms with van der Waals surface area (Å²) < 4.78 is 0. The van der Waals surface area contributed by atoms with E-state index in [1.165, 1.54) is 64.2 Å². The molecule has 0 N–H and O–H groups in total. The molecule has 0 saturated heterocycles. The smallest absolute Gasteiger partial charge is 0.0165 e. The fraction of sp³-hybridized carbons (Fsp3) is 0.789. The van der Waals surface area contributed by atoms with E-state index >= 15 is 0 Å². The Balaban J connectivity index is 1.75. The van der Waals surface area contributed by atoms with E-state index in [1.54, 1.807) is 5.57 Å². The van der Waals surface area contributed by atoms with Gasteiger partial charge in [0.1, 0.15) is 0 Å². The van der Waals surface area contributed by atoms with Crippen molar-refractivity contribution in [3.63, 3.8) is 0 Å². The third kappa shape index (κ3) is 4.51. The lowest BCUT2D eigenvalue weighted by Gasteiger charge is -2.30. The average Bonchev–Trinajstić information content (AvgIpc) is 2.47. The fourth-order valence-corrected chi connectivity index (χ4v) is 3.85. The number of unbranched alkanes of at least 4 members (excludes halogenated alkanes) is 1. The molecule has 108 valence electrons. The maximum absolute atomic E-state index is 2.55.